The van der Waals surface area contributed by atoms with Crippen LogP contribution in [0, 0.1) is 0 Å². The number of ether oxygens (including phenoxy) is 2. The molecule has 1 unspecified atom stereocenters. The number of hydrogen-bond acceptors (Lipinski definition) is 7. The molecule has 0 aromatic heterocycles. The summed E-state index contributed by atoms with van der Waals surface area (Å²) in [6.07, 6.45) is -1.15. The zero-order valence-electron chi connectivity index (χ0n) is 8.89. The summed E-state index contributed by atoms with van der Waals surface area (Å²) in [6, 6.07) is 0. The summed E-state index contributed by atoms with van der Waals surface area (Å²) in [6.45, 7) is 0.911. The van der Waals surface area contributed by atoms with Gasteiger partial charge >= 0.3 is 11.9 Å². The summed E-state index contributed by atoms with van der Waals surface area (Å²) in [5.41, 5.74) is 0. The fraction of sp³-hybridized carbons (Fsp3) is 0.556. The quantitative estimate of drug-likeness (QED) is 0.443. The lowest BCUT2D eigenvalue weighted by atomic mass is 10.4. The van der Waals surface area contributed by atoms with Crippen LogP contribution in [0.15, 0.2) is 0 Å². The van der Waals surface area contributed by atoms with Gasteiger partial charge in [-0.05, 0) is 0 Å². The number of esters is 2. The Hall–Kier alpha value is -1.76. The van der Waals surface area contributed by atoms with Crippen molar-refractivity contribution >= 4 is 23.5 Å². The van der Waals surface area contributed by atoms with E-state index in [1.54, 1.807) is 0 Å². The predicted molar refractivity (Wildman–Crippen MR) is 49.3 cm³/mol. The van der Waals surface area contributed by atoms with Gasteiger partial charge in [-0.2, -0.15) is 0 Å². The maximum Gasteiger partial charge on any atom is 0.374 e. The van der Waals surface area contributed by atoms with Crippen molar-refractivity contribution in [2.24, 2.45) is 0 Å². The molecule has 0 amide bonds. The van der Waals surface area contributed by atoms with E-state index in [0.29, 0.717) is 0 Å². The van der Waals surface area contributed by atoms with E-state index in [-0.39, 0.29) is 0 Å². The Morgan fingerprint density at radius 3 is 1.94 bits per heavy atom. The van der Waals surface area contributed by atoms with Crippen molar-refractivity contribution in [3.63, 3.8) is 0 Å². The fourth-order valence-electron chi connectivity index (χ4n) is 0.629. The van der Waals surface area contributed by atoms with Crippen molar-refractivity contribution in [2.75, 3.05) is 13.2 Å². The Morgan fingerprint density at radius 2 is 1.56 bits per heavy atom. The Balaban J connectivity index is 4.11. The highest BCUT2D eigenvalue weighted by Gasteiger charge is 2.19. The normalized spacial score (nSPS) is 11.4. The molecule has 0 aliphatic heterocycles. The van der Waals surface area contributed by atoms with Crippen molar-refractivity contribution in [3.8, 4) is 0 Å². The Bertz CT molecular complexity index is 307. The molecule has 7 nitrogen and oxygen atoms in total. The molecular weight excluding hydrogens is 220 g/mol. The van der Waals surface area contributed by atoms with Gasteiger partial charge in [0.05, 0.1) is 6.61 Å². The van der Waals surface area contributed by atoms with E-state index >= 15 is 0 Å². The molecule has 0 bridgehead atoms. The third-order valence-corrected chi connectivity index (χ3v) is 1.45. The van der Waals surface area contributed by atoms with Crippen LogP contribution in [0.5, 0.6) is 0 Å². The molecule has 0 aliphatic carbocycles. The Labute approximate surface area is 91.3 Å². The summed E-state index contributed by atoms with van der Waals surface area (Å²) in [7, 11) is 0. The van der Waals surface area contributed by atoms with Crippen LogP contribution < -0.4 is 0 Å². The average Bonchev–Trinajstić information content (AvgIpc) is 2.22. The maximum absolute atomic E-state index is 10.8. The molecule has 1 atom stereocenters. The van der Waals surface area contributed by atoms with Gasteiger partial charge in [-0.3, -0.25) is 9.59 Å². The molecule has 1 N–H and O–H groups in total. The summed E-state index contributed by atoms with van der Waals surface area (Å²) >= 11 is 0. The molecule has 0 aromatic carbocycles. The average molecular weight is 232 g/mol. The molecule has 0 heterocycles. The first-order chi connectivity index (χ1) is 7.38. The number of Topliss-reactive ketones (excluding diaryl/α,β-unsaturated/α-hetero) is 2. The van der Waals surface area contributed by atoms with Crippen LogP contribution in [-0.4, -0.2) is 47.9 Å². The van der Waals surface area contributed by atoms with E-state index in [9.17, 15) is 19.2 Å². The van der Waals surface area contributed by atoms with Gasteiger partial charge in [0, 0.05) is 13.8 Å². The fourth-order valence-corrected chi connectivity index (χ4v) is 0.629. The van der Waals surface area contributed by atoms with Crippen LogP contribution in [0.2, 0.25) is 0 Å². The molecule has 0 fully saturated rings. The zero-order valence-corrected chi connectivity index (χ0v) is 8.89. The van der Waals surface area contributed by atoms with Crippen LogP contribution in [0.25, 0.3) is 0 Å². The second-order valence-electron chi connectivity index (χ2n) is 2.92. The molecule has 0 saturated heterocycles. The number of aliphatic hydroxyl groups is 1. The molecule has 0 rings (SSSR count). The van der Waals surface area contributed by atoms with Crippen LogP contribution in [0.3, 0.4) is 0 Å². The number of carbonyl (C=O) groups excluding carboxylic acids is 4. The van der Waals surface area contributed by atoms with Crippen molar-refractivity contribution in [2.45, 2.75) is 20.0 Å². The number of rotatable bonds is 6. The summed E-state index contributed by atoms with van der Waals surface area (Å²) < 4.78 is 8.86. The van der Waals surface area contributed by atoms with Crippen LogP contribution >= 0.6 is 0 Å². The largest absolute Gasteiger partial charge is 0.456 e. The molecule has 7 heteroatoms. The minimum atomic E-state index is -1.15. The highest BCUT2D eigenvalue weighted by atomic mass is 16.6. The topological polar surface area (TPSA) is 107 Å². The summed E-state index contributed by atoms with van der Waals surface area (Å²) in [5.74, 6) is -3.89. The highest BCUT2D eigenvalue weighted by Crippen LogP contribution is 1.95. The van der Waals surface area contributed by atoms with Crippen LogP contribution in [-0.2, 0) is 28.7 Å². The first kappa shape index (κ1) is 14.2. The molecule has 0 saturated carbocycles. The molecule has 0 radical (unpaired) electrons. The van der Waals surface area contributed by atoms with Gasteiger partial charge in [-0.15, -0.1) is 0 Å². The first-order valence-electron chi connectivity index (χ1n) is 4.38. The molecule has 16 heavy (non-hydrogen) atoms. The third-order valence-electron chi connectivity index (χ3n) is 1.45. The van der Waals surface area contributed by atoms with Crippen molar-refractivity contribution < 1.29 is 33.8 Å². The molecule has 0 spiro atoms. The van der Waals surface area contributed by atoms with E-state index in [2.05, 4.69) is 9.47 Å². The summed E-state index contributed by atoms with van der Waals surface area (Å²) in [4.78, 5) is 42.5. The first-order valence-corrected chi connectivity index (χ1v) is 4.38. The highest BCUT2D eigenvalue weighted by molar-refractivity contribution is 6.33. The maximum atomic E-state index is 10.8. The van der Waals surface area contributed by atoms with Gasteiger partial charge in [0.1, 0.15) is 6.61 Å². The standard InChI is InChI=1S/C9H12O7/c1-5(11)8(13)15-4-7(3-10)16-9(14)6(2)12/h7,10H,3-4H2,1-2H3. The number of hydrogen-bond donors (Lipinski definition) is 1. The zero-order chi connectivity index (χ0) is 12.7. The van der Waals surface area contributed by atoms with Crippen molar-refractivity contribution in [3.05, 3.63) is 0 Å². The van der Waals surface area contributed by atoms with E-state index < -0.39 is 42.8 Å². The van der Waals surface area contributed by atoms with Gasteiger partial charge in [-0.1, -0.05) is 0 Å². The number of carbonyl (C=O) groups is 4. The number of ketones is 2. The van der Waals surface area contributed by atoms with Crippen LogP contribution in [0.1, 0.15) is 13.8 Å². The van der Waals surface area contributed by atoms with Gasteiger partial charge in [0.15, 0.2) is 6.10 Å². The lowest BCUT2D eigenvalue weighted by Gasteiger charge is -2.13. The molecule has 90 valence electrons. The predicted octanol–water partition coefficient (Wildman–Crippen LogP) is -1.39. The van der Waals surface area contributed by atoms with Crippen molar-refractivity contribution in [1.29, 1.82) is 0 Å². The lowest BCUT2D eigenvalue weighted by Crippen LogP contribution is -2.31. The number of aliphatic hydroxyl groups excluding tert-OH is 1. The molecular formula is C9H12O7. The second kappa shape index (κ2) is 6.67. The SMILES string of the molecule is CC(=O)C(=O)OCC(CO)OC(=O)C(C)=O. The van der Waals surface area contributed by atoms with Crippen LogP contribution in [0.4, 0.5) is 0 Å². The van der Waals surface area contributed by atoms with E-state index in [1.165, 1.54) is 0 Å². The van der Waals surface area contributed by atoms with Gasteiger partial charge in [0.2, 0.25) is 11.6 Å². The third kappa shape index (κ3) is 5.20. The monoisotopic (exact) mass is 232 g/mol. The van der Waals surface area contributed by atoms with E-state index in [4.69, 9.17) is 5.11 Å². The lowest BCUT2D eigenvalue weighted by molar-refractivity contribution is -0.166. The minimum Gasteiger partial charge on any atom is -0.456 e. The van der Waals surface area contributed by atoms with E-state index in [1.807, 2.05) is 0 Å². The smallest absolute Gasteiger partial charge is 0.374 e. The van der Waals surface area contributed by atoms with Gasteiger partial charge in [-0.25, -0.2) is 9.59 Å². The Kier molecular flexibility index (Phi) is 5.94. The second-order valence-corrected chi connectivity index (χ2v) is 2.92. The minimum absolute atomic E-state index is 0.478. The van der Waals surface area contributed by atoms with E-state index in [0.717, 1.165) is 13.8 Å². The van der Waals surface area contributed by atoms with Gasteiger partial charge < -0.3 is 14.6 Å². The van der Waals surface area contributed by atoms with Crippen molar-refractivity contribution in [1.82, 2.24) is 0 Å². The van der Waals surface area contributed by atoms with Gasteiger partial charge in [0.25, 0.3) is 0 Å². The summed E-state index contributed by atoms with van der Waals surface area (Å²) in [5, 5.41) is 8.74. The molecule has 0 aliphatic rings. The Morgan fingerprint density at radius 1 is 1.06 bits per heavy atom. The molecule has 0 aromatic rings.